The summed E-state index contributed by atoms with van der Waals surface area (Å²) in [6.45, 7) is 4.83. The van der Waals surface area contributed by atoms with Crippen LogP contribution in [0.4, 0.5) is 0 Å². The van der Waals surface area contributed by atoms with Crippen molar-refractivity contribution in [2.24, 2.45) is 0 Å². The van der Waals surface area contributed by atoms with Gasteiger partial charge in [-0.15, -0.1) is 0 Å². The first-order valence-corrected chi connectivity index (χ1v) is 27.1. The van der Waals surface area contributed by atoms with E-state index in [2.05, 4.69) is 43.5 Å². The highest BCUT2D eigenvalue weighted by molar-refractivity contribution is 5.76. The average Bonchev–Trinajstić information content (AvgIpc) is 3.26. The monoisotopic (exact) mass is 860 g/mol. The average molecular weight is 860 g/mol. The third-order valence-electron chi connectivity index (χ3n) is 12.5. The number of carbonyl (C=O) groups is 2. The van der Waals surface area contributed by atoms with E-state index < -0.39 is 12.1 Å². The Balaban J connectivity index is 3.42. The maximum atomic E-state index is 12.4. The van der Waals surface area contributed by atoms with Crippen molar-refractivity contribution in [1.82, 2.24) is 5.32 Å². The molecule has 0 radical (unpaired) electrons. The lowest BCUT2D eigenvalue weighted by Crippen LogP contribution is -2.45. The van der Waals surface area contributed by atoms with Gasteiger partial charge in [0.15, 0.2) is 0 Å². The van der Waals surface area contributed by atoms with Crippen molar-refractivity contribution in [2.75, 3.05) is 13.2 Å². The normalized spacial score (nSPS) is 12.8. The van der Waals surface area contributed by atoms with Crippen LogP contribution in [0.2, 0.25) is 0 Å². The molecular formula is C55H105NO5. The Morgan fingerprint density at radius 1 is 0.459 bits per heavy atom. The Morgan fingerprint density at radius 2 is 0.820 bits per heavy atom. The van der Waals surface area contributed by atoms with Gasteiger partial charge in [-0.3, -0.25) is 9.59 Å². The van der Waals surface area contributed by atoms with Crippen LogP contribution in [0.15, 0.2) is 24.3 Å². The molecule has 3 N–H and O–H groups in total. The largest absolute Gasteiger partial charge is 0.465 e. The van der Waals surface area contributed by atoms with Gasteiger partial charge in [0.1, 0.15) is 0 Å². The lowest BCUT2D eigenvalue weighted by molar-refractivity contribution is -0.143. The number of ether oxygens (including phenoxy) is 1. The van der Waals surface area contributed by atoms with Gasteiger partial charge >= 0.3 is 5.97 Å². The second-order valence-corrected chi connectivity index (χ2v) is 18.6. The van der Waals surface area contributed by atoms with Crippen molar-refractivity contribution < 1.29 is 24.5 Å². The van der Waals surface area contributed by atoms with Crippen molar-refractivity contribution in [3.8, 4) is 0 Å². The molecule has 1 amide bonds. The van der Waals surface area contributed by atoms with Crippen molar-refractivity contribution in [3.63, 3.8) is 0 Å². The zero-order chi connectivity index (χ0) is 44.4. The molecule has 0 aliphatic rings. The number of carbonyl (C=O) groups excluding carboxylic acids is 2. The van der Waals surface area contributed by atoms with E-state index in [1.807, 2.05) is 0 Å². The van der Waals surface area contributed by atoms with E-state index >= 15 is 0 Å². The van der Waals surface area contributed by atoms with E-state index in [0.717, 1.165) is 51.4 Å². The summed E-state index contributed by atoms with van der Waals surface area (Å²) in [6, 6.07) is -0.542. The Labute approximate surface area is 380 Å². The number of rotatable bonds is 50. The predicted octanol–water partition coefficient (Wildman–Crippen LogP) is 16.3. The molecular weight excluding hydrogens is 755 g/mol. The van der Waals surface area contributed by atoms with Crippen LogP contribution < -0.4 is 5.32 Å². The van der Waals surface area contributed by atoms with Gasteiger partial charge in [-0.2, -0.15) is 0 Å². The fourth-order valence-electron chi connectivity index (χ4n) is 8.36. The van der Waals surface area contributed by atoms with E-state index in [1.165, 1.54) is 205 Å². The molecule has 0 heterocycles. The van der Waals surface area contributed by atoms with Crippen molar-refractivity contribution in [2.45, 2.75) is 302 Å². The molecule has 0 aromatic heterocycles. The van der Waals surface area contributed by atoms with Crippen LogP contribution in [0.3, 0.4) is 0 Å². The zero-order valence-electron chi connectivity index (χ0n) is 40.9. The molecule has 360 valence electrons. The Kier molecular flexibility index (Phi) is 49.6. The van der Waals surface area contributed by atoms with Crippen LogP contribution >= 0.6 is 0 Å². The highest BCUT2D eigenvalue weighted by atomic mass is 16.5. The van der Waals surface area contributed by atoms with Crippen LogP contribution in [0.25, 0.3) is 0 Å². The number of esters is 1. The summed E-state index contributed by atoms with van der Waals surface area (Å²) in [5.74, 6) is -0.0752. The zero-order valence-corrected chi connectivity index (χ0v) is 40.9. The minimum atomic E-state index is -0.665. The number of allylic oxidation sites excluding steroid dienone is 3. The Bertz CT molecular complexity index is 951. The first kappa shape index (κ1) is 59.3. The molecule has 0 aromatic carbocycles. The highest BCUT2D eigenvalue weighted by Crippen LogP contribution is 2.17. The van der Waals surface area contributed by atoms with Crippen LogP contribution in [0.1, 0.15) is 290 Å². The van der Waals surface area contributed by atoms with Crippen LogP contribution in [0, 0.1) is 0 Å². The summed E-state index contributed by atoms with van der Waals surface area (Å²) in [6.07, 6.45) is 60.4. The maximum absolute atomic E-state index is 12.4. The molecule has 6 nitrogen and oxygen atoms in total. The smallest absolute Gasteiger partial charge is 0.305 e. The third-order valence-corrected chi connectivity index (χ3v) is 12.5. The second kappa shape index (κ2) is 51.0. The van der Waals surface area contributed by atoms with E-state index in [-0.39, 0.29) is 18.5 Å². The summed E-state index contributed by atoms with van der Waals surface area (Å²) in [5, 5.41) is 23.1. The summed E-state index contributed by atoms with van der Waals surface area (Å²) in [4.78, 5) is 24.4. The minimum absolute atomic E-state index is 0.0332. The molecule has 0 fully saturated rings. The molecule has 0 rings (SSSR count). The Morgan fingerprint density at radius 3 is 1.25 bits per heavy atom. The summed E-state index contributed by atoms with van der Waals surface area (Å²) in [7, 11) is 0. The number of nitrogens with one attached hydrogen (secondary N) is 1. The molecule has 0 bridgehead atoms. The number of amides is 1. The summed E-state index contributed by atoms with van der Waals surface area (Å²) in [5.41, 5.74) is 0. The van der Waals surface area contributed by atoms with Crippen molar-refractivity contribution >= 4 is 11.9 Å². The lowest BCUT2D eigenvalue weighted by Gasteiger charge is -2.22. The maximum Gasteiger partial charge on any atom is 0.305 e. The summed E-state index contributed by atoms with van der Waals surface area (Å²) < 4.78 is 5.41. The molecule has 2 unspecified atom stereocenters. The van der Waals surface area contributed by atoms with E-state index in [4.69, 9.17) is 4.74 Å². The van der Waals surface area contributed by atoms with Gasteiger partial charge in [0, 0.05) is 12.8 Å². The highest BCUT2D eigenvalue weighted by Gasteiger charge is 2.20. The molecule has 2 atom stereocenters. The van der Waals surface area contributed by atoms with Crippen LogP contribution in [0.5, 0.6) is 0 Å². The quantitative estimate of drug-likeness (QED) is 0.0322. The van der Waals surface area contributed by atoms with E-state index in [1.54, 1.807) is 0 Å². The topological polar surface area (TPSA) is 95.9 Å². The molecule has 0 saturated heterocycles. The Hall–Kier alpha value is -1.66. The van der Waals surface area contributed by atoms with Crippen molar-refractivity contribution in [3.05, 3.63) is 24.3 Å². The van der Waals surface area contributed by atoms with Gasteiger partial charge in [-0.05, 0) is 44.9 Å². The van der Waals surface area contributed by atoms with Gasteiger partial charge in [0.25, 0.3) is 0 Å². The molecule has 0 spiro atoms. The van der Waals surface area contributed by atoms with Crippen LogP contribution in [-0.4, -0.2) is 47.4 Å². The first-order valence-electron chi connectivity index (χ1n) is 27.1. The SMILES string of the molecule is CCCCCCCCCCCCCCCCC(=O)OCC/C=C\C/C=C\CCCCCCCCCCCCCCCCC(=O)NC(CO)C(O)CCCCCCCCCCC. The molecule has 0 saturated carbocycles. The molecule has 6 heteroatoms. The number of aliphatic hydroxyl groups is 2. The number of aliphatic hydroxyl groups excluding tert-OH is 2. The first-order chi connectivity index (χ1) is 30.0. The van der Waals surface area contributed by atoms with E-state index in [9.17, 15) is 19.8 Å². The minimum Gasteiger partial charge on any atom is -0.465 e. The third kappa shape index (κ3) is 47.7. The van der Waals surface area contributed by atoms with Gasteiger partial charge < -0.3 is 20.3 Å². The fraction of sp³-hybridized carbons (Fsp3) is 0.891. The van der Waals surface area contributed by atoms with Gasteiger partial charge in [0.05, 0.1) is 25.4 Å². The second-order valence-electron chi connectivity index (χ2n) is 18.6. The number of hydrogen-bond acceptors (Lipinski definition) is 5. The van der Waals surface area contributed by atoms with Gasteiger partial charge in [0.2, 0.25) is 5.91 Å². The fourth-order valence-corrected chi connectivity index (χ4v) is 8.36. The molecule has 0 aliphatic carbocycles. The standard InChI is InChI=1S/C55H105NO5/c1-3-5-7-9-11-13-14-15-26-29-33-37-41-45-49-55(60)61-50-46-42-38-34-30-27-24-22-20-18-16-17-19-21-23-25-28-32-36-40-44-48-54(59)56-52(51-57)53(58)47-43-39-35-31-12-10-8-6-4-2/h27,30,38,42,52-53,57-58H,3-26,28-29,31-37,39-41,43-51H2,1-2H3,(H,56,59)/b30-27-,42-38-. The van der Waals surface area contributed by atoms with Crippen LogP contribution in [-0.2, 0) is 14.3 Å². The van der Waals surface area contributed by atoms with Gasteiger partial charge in [-0.1, -0.05) is 256 Å². The molecule has 0 aliphatic heterocycles. The number of unbranched alkanes of at least 4 members (excludes halogenated alkanes) is 35. The van der Waals surface area contributed by atoms with Gasteiger partial charge in [-0.25, -0.2) is 0 Å². The molecule has 61 heavy (non-hydrogen) atoms. The van der Waals surface area contributed by atoms with Crippen molar-refractivity contribution in [1.29, 1.82) is 0 Å². The lowest BCUT2D eigenvalue weighted by atomic mass is 10.0. The predicted molar refractivity (Wildman–Crippen MR) is 264 cm³/mol. The van der Waals surface area contributed by atoms with E-state index in [0.29, 0.717) is 25.9 Å². The molecule has 0 aromatic rings. The summed E-state index contributed by atoms with van der Waals surface area (Å²) >= 11 is 0. The number of hydrogen-bond donors (Lipinski definition) is 3.